The average Bonchev–Trinajstić information content (AvgIpc) is 2.67. The SMILES string of the molecule is COc1cc(CNCCCNCCO)c(Cl)cc1OCc1cccc(Cl)c1. The lowest BCUT2D eigenvalue weighted by molar-refractivity contribution is 0.284. The molecule has 0 saturated heterocycles. The lowest BCUT2D eigenvalue weighted by atomic mass is 10.2. The number of aliphatic hydroxyl groups is 1. The van der Waals surface area contributed by atoms with E-state index >= 15 is 0 Å². The van der Waals surface area contributed by atoms with Crippen LogP contribution in [0, 0.1) is 0 Å². The van der Waals surface area contributed by atoms with Crippen molar-refractivity contribution in [2.75, 3.05) is 33.4 Å². The molecule has 0 aliphatic rings. The van der Waals surface area contributed by atoms with Gasteiger partial charge in [-0.05, 0) is 48.8 Å². The van der Waals surface area contributed by atoms with Gasteiger partial charge in [0.25, 0.3) is 0 Å². The summed E-state index contributed by atoms with van der Waals surface area (Å²) in [5.74, 6) is 1.24. The molecule has 2 aromatic carbocycles. The minimum Gasteiger partial charge on any atom is -0.493 e. The van der Waals surface area contributed by atoms with Crippen LogP contribution in [0.25, 0.3) is 0 Å². The Morgan fingerprint density at radius 1 is 1.00 bits per heavy atom. The summed E-state index contributed by atoms with van der Waals surface area (Å²) in [6.45, 7) is 3.52. The summed E-state index contributed by atoms with van der Waals surface area (Å²) in [4.78, 5) is 0. The number of nitrogens with one attached hydrogen (secondary N) is 2. The van der Waals surface area contributed by atoms with Gasteiger partial charge in [-0.15, -0.1) is 0 Å². The van der Waals surface area contributed by atoms with Crippen LogP contribution in [0.4, 0.5) is 0 Å². The third kappa shape index (κ3) is 7.56. The van der Waals surface area contributed by atoms with Crippen molar-refractivity contribution in [3.8, 4) is 11.5 Å². The molecular weight excluding hydrogens is 387 g/mol. The number of methoxy groups -OCH3 is 1. The van der Waals surface area contributed by atoms with Crippen LogP contribution in [0.1, 0.15) is 17.5 Å². The second-order valence-electron chi connectivity index (χ2n) is 6.02. The van der Waals surface area contributed by atoms with E-state index in [1.807, 2.05) is 30.3 Å². The number of aliphatic hydroxyl groups excluding tert-OH is 1. The van der Waals surface area contributed by atoms with Crippen LogP contribution in [0.5, 0.6) is 11.5 Å². The first-order valence-corrected chi connectivity index (χ1v) is 9.65. The van der Waals surface area contributed by atoms with E-state index in [4.69, 9.17) is 37.8 Å². The molecule has 0 atom stereocenters. The van der Waals surface area contributed by atoms with E-state index < -0.39 is 0 Å². The van der Waals surface area contributed by atoms with Gasteiger partial charge in [0.15, 0.2) is 11.5 Å². The fourth-order valence-corrected chi connectivity index (χ4v) is 2.97. The Kier molecular flexibility index (Phi) is 9.73. The molecule has 0 aromatic heterocycles. The molecule has 148 valence electrons. The lowest BCUT2D eigenvalue weighted by Gasteiger charge is -2.14. The molecule has 2 rings (SSSR count). The summed E-state index contributed by atoms with van der Waals surface area (Å²) in [6, 6.07) is 11.2. The van der Waals surface area contributed by atoms with Crippen LogP contribution >= 0.6 is 23.2 Å². The summed E-state index contributed by atoms with van der Waals surface area (Å²) in [6.07, 6.45) is 0.968. The van der Waals surface area contributed by atoms with Crippen molar-refractivity contribution in [3.63, 3.8) is 0 Å². The molecule has 0 radical (unpaired) electrons. The topological polar surface area (TPSA) is 62.8 Å². The molecule has 0 fully saturated rings. The molecule has 2 aromatic rings. The fourth-order valence-electron chi connectivity index (χ4n) is 2.54. The van der Waals surface area contributed by atoms with Gasteiger partial charge in [-0.2, -0.15) is 0 Å². The molecule has 5 nitrogen and oxygen atoms in total. The zero-order chi connectivity index (χ0) is 19.5. The van der Waals surface area contributed by atoms with Crippen molar-refractivity contribution in [2.24, 2.45) is 0 Å². The minimum atomic E-state index is 0.161. The van der Waals surface area contributed by atoms with Crippen molar-refractivity contribution in [1.82, 2.24) is 10.6 Å². The second kappa shape index (κ2) is 12.1. The van der Waals surface area contributed by atoms with Gasteiger partial charge in [-0.3, -0.25) is 0 Å². The summed E-state index contributed by atoms with van der Waals surface area (Å²) in [5, 5.41) is 16.5. The highest BCUT2D eigenvalue weighted by Gasteiger charge is 2.11. The van der Waals surface area contributed by atoms with Crippen molar-refractivity contribution in [1.29, 1.82) is 0 Å². The van der Waals surface area contributed by atoms with Gasteiger partial charge in [0.05, 0.1) is 13.7 Å². The summed E-state index contributed by atoms with van der Waals surface area (Å²) < 4.78 is 11.3. The van der Waals surface area contributed by atoms with E-state index in [2.05, 4.69) is 10.6 Å². The maximum absolute atomic E-state index is 8.71. The lowest BCUT2D eigenvalue weighted by Crippen LogP contribution is -2.24. The van der Waals surface area contributed by atoms with Gasteiger partial charge in [0.2, 0.25) is 0 Å². The van der Waals surface area contributed by atoms with E-state index in [9.17, 15) is 0 Å². The molecule has 0 bridgehead atoms. The number of hydrogen-bond donors (Lipinski definition) is 3. The zero-order valence-corrected chi connectivity index (χ0v) is 16.9. The van der Waals surface area contributed by atoms with Crippen molar-refractivity contribution in [3.05, 3.63) is 57.6 Å². The smallest absolute Gasteiger partial charge is 0.163 e. The highest BCUT2D eigenvalue weighted by Crippen LogP contribution is 2.34. The molecule has 7 heteroatoms. The molecule has 27 heavy (non-hydrogen) atoms. The third-order valence-corrected chi connectivity index (χ3v) is 4.51. The van der Waals surface area contributed by atoms with E-state index in [1.54, 1.807) is 13.2 Å². The average molecular weight is 413 g/mol. The van der Waals surface area contributed by atoms with Crippen LogP contribution in [-0.2, 0) is 13.2 Å². The Morgan fingerprint density at radius 3 is 2.56 bits per heavy atom. The predicted molar refractivity (Wildman–Crippen MR) is 110 cm³/mol. The number of ether oxygens (including phenoxy) is 2. The quantitative estimate of drug-likeness (QED) is 0.464. The predicted octanol–water partition coefficient (Wildman–Crippen LogP) is 3.64. The largest absolute Gasteiger partial charge is 0.493 e. The van der Waals surface area contributed by atoms with Gasteiger partial charge in [0, 0.05) is 29.2 Å². The Balaban J connectivity index is 1.89. The monoisotopic (exact) mass is 412 g/mol. The molecule has 0 aliphatic carbocycles. The summed E-state index contributed by atoms with van der Waals surface area (Å²) in [5.41, 5.74) is 1.92. The molecule has 0 aliphatic heterocycles. The maximum Gasteiger partial charge on any atom is 0.163 e. The normalized spacial score (nSPS) is 10.8. The number of benzene rings is 2. The fraction of sp³-hybridized carbons (Fsp3) is 0.400. The Bertz CT molecular complexity index is 714. The summed E-state index contributed by atoms with van der Waals surface area (Å²) >= 11 is 12.4. The molecule has 3 N–H and O–H groups in total. The van der Waals surface area contributed by atoms with E-state index in [0.29, 0.717) is 41.2 Å². The standard InChI is InChI=1S/C20H26Cl2N2O3/c1-26-19-11-16(13-24-7-3-6-23-8-9-25)18(22)12-20(19)27-14-15-4-2-5-17(21)10-15/h2,4-5,10-12,23-25H,3,6-9,13-14H2,1H3. The minimum absolute atomic E-state index is 0.161. The van der Waals surface area contributed by atoms with Gasteiger partial charge in [-0.1, -0.05) is 35.3 Å². The van der Waals surface area contributed by atoms with Crippen molar-refractivity contribution < 1.29 is 14.6 Å². The van der Waals surface area contributed by atoms with E-state index in [1.165, 1.54) is 0 Å². The van der Waals surface area contributed by atoms with Crippen LogP contribution in [0.15, 0.2) is 36.4 Å². The number of halogens is 2. The van der Waals surface area contributed by atoms with E-state index in [-0.39, 0.29) is 6.61 Å². The van der Waals surface area contributed by atoms with Crippen LogP contribution < -0.4 is 20.1 Å². The molecule has 0 saturated carbocycles. The van der Waals surface area contributed by atoms with Crippen LogP contribution in [0.2, 0.25) is 10.0 Å². The molecule has 0 amide bonds. The van der Waals surface area contributed by atoms with Gasteiger partial charge in [0.1, 0.15) is 6.61 Å². The highest BCUT2D eigenvalue weighted by molar-refractivity contribution is 6.31. The zero-order valence-electron chi connectivity index (χ0n) is 15.4. The Morgan fingerprint density at radius 2 is 1.81 bits per heavy atom. The van der Waals surface area contributed by atoms with Crippen LogP contribution in [-0.4, -0.2) is 38.5 Å². The Hall–Kier alpha value is -1.50. The summed E-state index contributed by atoms with van der Waals surface area (Å²) in [7, 11) is 1.61. The van der Waals surface area contributed by atoms with Gasteiger partial charge < -0.3 is 25.2 Å². The number of rotatable bonds is 12. The Labute approximate surface area is 170 Å². The maximum atomic E-state index is 8.71. The molecule has 0 spiro atoms. The van der Waals surface area contributed by atoms with Crippen LogP contribution in [0.3, 0.4) is 0 Å². The van der Waals surface area contributed by atoms with Crippen molar-refractivity contribution in [2.45, 2.75) is 19.6 Å². The van der Waals surface area contributed by atoms with Crippen molar-refractivity contribution >= 4 is 23.2 Å². The highest BCUT2D eigenvalue weighted by atomic mass is 35.5. The second-order valence-corrected chi connectivity index (χ2v) is 6.86. The first-order valence-electron chi connectivity index (χ1n) is 8.90. The first kappa shape index (κ1) is 21.8. The van der Waals surface area contributed by atoms with Gasteiger partial charge >= 0.3 is 0 Å². The van der Waals surface area contributed by atoms with Gasteiger partial charge in [-0.25, -0.2) is 0 Å². The first-order chi connectivity index (χ1) is 13.1. The van der Waals surface area contributed by atoms with E-state index in [0.717, 1.165) is 30.6 Å². The number of hydrogen-bond acceptors (Lipinski definition) is 5. The third-order valence-electron chi connectivity index (χ3n) is 3.93. The molecular formula is C20H26Cl2N2O3. The molecule has 0 unspecified atom stereocenters. The molecule has 0 heterocycles.